The van der Waals surface area contributed by atoms with Crippen LogP contribution in [-0.4, -0.2) is 19.9 Å². The first-order valence-corrected chi connectivity index (χ1v) is 16.1. The first-order valence-electron chi connectivity index (χ1n) is 16.1. The largest absolute Gasteiger partial charge is 0.248 e. The van der Waals surface area contributed by atoms with Crippen molar-refractivity contribution in [2.24, 2.45) is 0 Å². The highest BCUT2D eigenvalue weighted by atomic mass is 14.9. The van der Waals surface area contributed by atoms with Gasteiger partial charge in [0.05, 0.1) is 28.1 Å². The van der Waals surface area contributed by atoms with E-state index in [1.807, 2.05) is 48.5 Å². The summed E-state index contributed by atoms with van der Waals surface area (Å²) in [6.07, 6.45) is 0. The van der Waals surface area contributed by atoms with E-state index < -0.39 is 0 Å². The normalized spacial score (nSPS) is 11.3. The van der Waals surface area contributed by atoms with Crippen LogP contribution in [0.2, 0.25) is 0 Å². The summed E-state index contributed by atoms with van der Waals surface area (Å²) in [6.45, 7) is 0. The van der Waals surface area contributed by atoms with Gasteiger partial charge in [0, 0.05) is 27.5 Å². The fourth-order valence-corrected chi connectivity index (χ4v) is 6.32. The van der Waals surface area contributed by atoms with Crippen molar-refractivity contribution in [3.63, 3.8) is 0 Å². The third kappa shape index (κ3) is 5.25. The lowest BCUT2D eigenvalue weighted by molar-refractivity contribution is 1.16. The highest BCUT2D eigenvalue weighted by Crippen LogP contribution is 2.31. The molecule has 0 saturated carbocycles. The highest BCUT2D eigenvalue weighted by molar-refractivity contribution is 5.91. The molecule has 0 aliphatic heterocycles. The van der Waals surface area contributed by atoms with Crippen molar-refractivity contribution in [3.8, 4) is 56.4 Å². The second-order valence-electron chi connectivity index (χ2n) is 12.0. The summed E-state index contributed by atoms with van der Waals surface area (Å²) >= 11 is 0. The van der Waals surface area contributed by atoms with Crippen LogP contribution < -0.4 is 0 Å². The van der Waals surface area contributed by atoms with E-state index in [-0.39, 0.29) is 0 Å². The van der Waals surface area contributed by atoms with Crippen molar-refractivity contribution in [1.82, 2.24) is 19.9 Å². The summed E-state index contributed by atoms with van der Waals surface area (Å²) in [6, 6.07) is 58.7. The van der Waals surface area contributed by atoms with Crippen LogP contribution in [0.1, 0.15) is 0 Å². The van der Waals surface area contributed by atoms with Crippen LogP contribution in [0.5, 0.6) is 0 Å². The van der Waals surface area contributed by atoms with Gasteiger partial charge in [0.15, 0.2) is 5.82 Å². The third-order valence-corrected chi connectivity index (χ3v) is 8.85. The zero-order chi connectivity index (χ0) is 31.9. The Morgan fingerprint density at radius 2 is 0.729 bits per heavy atom. The van der Waals surface area contributed by atoms with Crippen LogP contribution in [0.25, 0.3) is 89.0 Å². The standard InChI is InChI=1S/C44H28N4/c1-3-10-30(11-4-1)42-28-43(31-12-5-2-6-13-31)48-44(47-42)41-24-20-37-27-34(18-22-40(37)46-41)33-17-21-38-36(26-33)19-23-39(45-38)35-16-15-29-9-7-8-14-32(29)25-35/h1-28H. The Balaban J connectivity index is 1.05. The van der Waals surface area contributed by atoms with Gasteiger partial charge in [0.2, 0.25) is 0 Å². The van der Waals surface area contributed by atoms with Crippen molar-refractivity contribution < 1.29 is 0 Å². The summed E-state index contributed by atoms with van der Waals surface area (Å²) in [4.78, 5) is 19.9. The van der Waals surface area contributed by atoms with Crippen molar-refractivity contribution in [2.75, 3.05) is 0 Å². The SMILES string of the molecule is c1ccc(-c2cc(-c3ccccc3)nc(-c3ccc4cc(-c5ccc6nc(-c7ccc8ccccc8c7)ccc6c5)ccc4n3)n2)cc1. The third-order valence-electron chi connectivity index (χ3n) is 8.85. The second kappa shape index (κ2) is 11.7. The van der Waals surface area contributed by atoms with Gasteiger partial charge in [0.1, 0.15) is 5.69 Å². The molecule has 0 aliphatic rings. The number of fused-ring (bicyclic) bond motifs is 3. The predicted octanol–water partition coefficient (Wildman–Crippen LogP) is 11.1. The number of hydrogen-bond acceptors (Lipinski definition) is 4. The summed E-state index contributed by atoms with van der Waals surface area (Å²) < 4.78 is 0. The molecule has 9 rings (SSSR count). The Morgan fingerprint density at radius 1 is 0.250 bits per heavy atom. The Morgan fingerprint density at radius 3 is 1.35 bits per heavy atom. The average molecular weight is 613 g/mol. The Hall–Kier alpha value is -6.52. The molecule has 0 fully saturated rings. The van der Waals surface area contributed by atoms with E-state index in [0.29, 0.717) is 5.82 Å². The summed E-state index contributed by atoms with van der Waals surface area (Å²) in [7, 11) is 0. The van der Waals surface area contributed by atoms with Crippen LogP contribution in [0.4, 0.5) is 0 Å². The van der Waals surface area contributed by atoms with Crippen LogP contribution in [-0.2, 0) is 0 Å². The molecule has 0 aliphatic carbocycles. The zero-order valence-electron chi connectivity index (χ0n) is 26.0. The first-order chi connectivity index (χ1) is 23.7. The molecule has 9 aromatic rings. The Kier molecular flexibility index (Phi) is 6.76. The Labute approximate surface area is 278 Å². The summed E-state index contributed by atoms with van der Waals surface area (Å²) in [5, 5.41) is 4.62. The molecule has 3 aromatic heterocycles. The van der Waals surface area contributed by atoms with Crippen molar-refractivity contribution in [2.45, 2.75) is 0 Å². The number of aromatic nitrogens is 4. The molecule has 0 radical (unpaired) electrons. The summed E-state index contributed by atoms with van der Waals surface area (Å²) in [5.74, 6) is 0.603. The van der Waals surface area contributed by atoms with Crippen LogP contribution in [0, 0.1) is 0 Å². The molecular formula is C44H28N4. The van der Waals surface area contributed by atoms with E-state index >= 15 is 0 Å². The molecule has 0 bridgehead atoms. The topological polar surface area (TPSA) is 51.6 Å². The maximum Gasteiger partial charge on any atom is 0.179 e. The molecule has 4 heteroatoms. The van der Waals surface area contributed by atoms with Crippen LogP contribution in [0.15, 0.2) is 170 Å². The van der Waals surface area contributed by atoms with Crippen LogP contribution in [0.3, 0.4) is 0 Å². The molecule has 0 N–H and O–H groups in total. The van der Waals surface area contributed by atoms with Gasteiger partial charge in [0.25, 0.3) is 0 Å². The van der Waals surface area contributed by atoms with E-state index in [1.165, 1.54) is 10.8 Å². The predicted molar refractivity (Wildman–Crippen MR) is 197 cm³/mol. The average Bonchev–Trinajstić information content (AvgIpc) is 3.17. The molecule has 4 nitrogen and oxygen atoms in total. The molecule has 0 saturated heterocycles. The quantitative estimate of drug-likeness (QED) is 0.194. The highest BCUT2D eigenvalue weighted by Gasteiger charge is 2.13. The maximum atomic E-state index is 5.02. The number of benzene rings is 6. The van der Waals surface area contributed by atoms with E-state index in [4.69, 9.17) is 19.9 Å². The minimum atomic E-state index is 0.603. The second-order valence-corrected chi connectivity index (χ2v) is 12.0. The minimum absolute atomic E-state index is 0.603. The van der Waals surface area contributed by atoms with Gasteiger partial charge in [-0.25, -0.2) is 19.9 Å². The van der Waals surface area contributed by atoms with Gasteiger partial charge < -0.3 is 0 Å². The molecule has 0 atom stereocenters. The number of pyridine rings is 2. The van der Waals surface area contributed by atoms with Gasteiger partial charge in [-0.2, -0.15) is 0 Å². The fourth-order valence-electron chi connectivity index (χ4n) is 6.32. The van der Waals surface area contributed by atoms with E-state index in [2.05, 4.69) is 121 Å². The van der Waals surface area contributed by atoms with E-state index in [0.717, 1.165) is 72.4 Å². The lowest BCUT2D eigenvalue weighted by Crippen LogP contribution is -1.97. The van der Waals surface area contributed by atoms with E-state index in [9.17, 15) is 0 Å². The first kappa shape index (κ1) is 27.8. The minimum Gasteiger partial charge on any atom is -0.248 e. The smallest absolute Gasteiger partial charge is 0.179 e. The number of nitrogens with zero attached hydrogens (tertiary/aromatic N) is 4. The molecule has 0 amide bonds. The molecular weight excluding hydrogens is 585 g/mol. The number of hydrogen-bond donors (Lipinski definition) is 0. The van der Waals surface area contributed by atoms with Crippen molar-refractivity contribution in [3.05, 3.63) is 170 Å². The van der Waals surface area contributed by atoms with Gasteiger partial charge in [-0.3, -0.25) is 0 Å². The van der Waals surface area contributed by atoms with Gasteiger partial charge in [-0.15, -0.1) is 0 Å². The lowest BCUT2D eigenvalue weighted by atomic mass is 10.00. The molecule has 6 aromatic carbocycles. The van der Waals surface area contributed by atoms with Crippen molar-refractivity contribution >= 4 is 32.6 Å². The molecule has 48 heavy (non-hydrogen) atoms. The lowest BCUT2D eigenvalue weighted by Gasteiger charge is -2.10. The fraction of sp³-hybridized carbons (Fsp3) is 0. The van der Waals surface area contributed by atoms with E-state index in [1.54, 1.807) is 0 Å². The molecule has 0 spiro atoms. The molecule has 0 unspecified atom stereocenters. The van der Waals surface area contributed by atoms with Gasteiger partial charge in [-0.05, 0) is 70.4 Å². The van der Waals surface area contributed by atoms with Gasteiger partial charge >= 0.3 is 0 Å². The maximum absolute atomic E-state index is 5.02. The number of rotatable bonds is 5. The van der Waals surface area contributed by atoms with Crippen LogP contribution >= 0.6 is 0 Å². The molecule has 224 valence electrons. The molecule has 3 heterocycles. The zero-order valence-corrected chi connectivity index (χ0v) is 26.0. The monoisotopic (exact) mass is 612 g/mol. The van der Waals surface area contributed by atoms with Crippen molar-refractivity contribution in [1.29, 1.82) is 0 Å². The van der Waals surface area contributed by atoms with Gasteiger partial charge in [-0.1, -0.05) is 121 Å². The summed E-state index contributed by atoms with van der Waals surface area (Å²) in [5.41, 5.74) is 10.8. The Bertz CT molecular complexity index is 2560.